The van der Waals surface area contributed by atoms with Crippen LogP contribution in [0.2, 0.25) is 0 Å². The molecule has 0 radical (unpaired) electrons. The first kappa shape index (κ1) is 23.6. The number of methoxy groups -OCH3 is 1. The Hall–Kier alpha value is -3.14. The summed E-state index contributed by atoms with van der Waals surface area (Å²) < 4.78 is 6.91. The molecule has 35 heavy (non-hydrogen) atoms. The Morgan fingerprint density at radius 1 is 1.23 bits per heavy atom. The van der Waals surface area contributed by atoms with Crippen LogP contribution in [0.25, 0.3) is 15.9 Å². The number of likely N-dealkylation sites (N-methyl/N-ethyl adjacent to an activating group) is 1. The van der Waals surface area contributed by atoms with Crippen molar-refractivity contribution in [2.45, 2.75) is 25.0 Å². The minimum Gasteiger partial charge on any atom is -0.497 e. The number of hydrogen-bond acceptors (Lipinski definition) is 7. The Kier molecular flexibility index (Phi) is 6.64. The van der Waals surface area contributed by atoms with Gasteiger partial charge in [0.1, 0.15) is 10.6 Å². The molecule has 0 fully saturated rings. The first-order chi connectivity index (χ1) is 16.9. The third-order valence-electron chi connectivity index (χ3n) is 6.00. The van der Waals surface area contributed by atoms with Crippen LogP contribution in [0.3, 0.4) is 0 Å². The number of thiophene rings is 1. The second-order valence-corrected chi connectivity index (χ2v) is 10.6. The summed E-state index contributed by atoms with van der Waals surface area (Å²) in [5.74, 6) is 0.692. The maximum atomic E-state index is 13.9. The second kappa shape index (κ2) is 9.85. The van der Waals surface area contributed by atoms with Crippen LogP contribution in [0, 0.1) is 6.92 Å². The summed E-state index contributed by atoms with van der Waals surface area (Å²) >= 11 is 2.84. The summed E-state index contributed by atoms with van der Waals surface area (Å²) in [6.07, 6.45) is 0.830. The van der Waals surface area contributed by atoms with E-state index in [4.69, 9.17) is 9.72 Å². The molecule has 0 saturated carbocycles. The van der Waals surface area contributed by atoms with Crippen molar-refractivity contribution in [1.82, 2.24) is 14.5 Å². The maximum Gasteiger partial charge on any atom is 0.267 e. The SMILES string of the molecule is COc1ccc(-n2c(SCC(=O)Nc3cccc(C)c3)nc3sc4c(c3c2=O)CCN(C)C4)cc1. The highest BCUT2D eigenvalue weighted by Gasteiger charge is 2.24. The molecular weight excluding hydrogens is 480 g/mol. The third kappa shape index (κ3) is 4.84. The van der Waals surface area contributed by atoms with E-state index >= 15 is 0 Å². The Labute approximate surface area is 211 Å². The van der Waals surface area contributed by atoms with Crippen LogP contribution >= 0.6 is 23.1 Å². The second-order valence-electron chi connectivity index (χ2n) is 8.61. The lowest BCUT2D eigenvalue weighted by Crippen LogP contribution is -2.27. The number of thioether (sulfide) groups is 1. The zero-order valence-electron chi connectivity index (χ0n) is 19.8. The molecule has 0 unspecified atom stereocenters. The summed E-state index contributed by atoms with van der Waals surface area (Å²) in [5, 5.41) is 4.13. The van der Waals surface area contributed by atoms with Gasteiger partial charge in [-0.05, 0) is 67.9 Å². The molecular formula is C26H26N4O3S2. The summed E-state index contributed by atoms with van der Waals surface area (Å²) in [4.78, 5) is 35.6. The lowest BCUT2D eigenvalue weighted by Gasteiger charge is -2.21. The number of carbonyl (C=O) groups excluding carboxylic acids is 1. The minimum absolute atomic E-state index is 0.0937. The van der Waals surface area contributed by atoms with Gasteiger partial charge in [0.05, 0.1) is 23.9 Å². The van der Waals surface area contributed by atoms with E-state index in [9.17, 15) is 9.59 Å². The van der Waals surface area contributed by atoms with Gasteiger partial charge in [0, 0.05) is 23.7 Å². The van der Waals surface area contributed by atoms with Crippen LogP contribution in [0.4, 0.5) is 5.69 Å². The Morgan fingerprint density at radius 2 is 2.03 bits per heavy atom. The van der Waals surface area contributed by atoms with Gasteiger partial charge in [-0.3, -0.25) is 14.2 Å². The van der Waals surface area contributed by atoms with Gasteiger partial charge in [0.25, 0.3) is 5.56 Å². The molecule has 1 amide bonds. The van der Waals surface area contributed by atoms with Gasteiger partial charge in [-0.15, -0.1) is 11.3 Å². The molecule has 0 saturated heterocycles. The van der Waals surface area contributed by atoms with Crippen LogP contribution in [0.1, 0.15) is 16.0 Å². The van der Waals surface area contributed by atoms with Crippen molar-refractivity contribution < 1.29 is 9.53 Å². The summed E-state index contributed by atoms with van der Waals surface area (Å²) in [7, 11) is 3.70. The monoisotopic (exact) mass is 506 g/mol. The molecule has 180 valence electrons. The predicted molar refractivity (Wildman–Crippen MR) is 142 cm³/mol. The number of aromatic nitrogens is 2. The molecule has 2 aromatic heterocycles. The quantitative estimate of drug-likeness (QED) is 0.307. The lowest BCUT2D eigenvalue weighted by atomic mass is 10.1. The smallest absolute Gasteiger partial charge is 0.267 e. The van der Waals surface area contributed by atoms with Crippen molar-refractivity contribution in [2.75, 3.05) is 31.8 Å². The van der Waals surface area contributed by atoms with E-state index in [1.54, 1.807) is 23.0 Å². The van der Waals surface area contributed by atoms with E-state index in [0.717, 1.165) is 41.2 Å². The topological polar surface area (TPSA) is 76.5 Å². The molecule has 5 rings (SSSR count). The number of nitrogens with zero attached hydrogens (tertiary/aromatic N) is 3. The van der Waals surface area contributed by atoms with Crippen LogP contribution in [0.15, 0.2) is 58.5 Å². The summed E-state index contributed by atoms with van der Waals surface area (Å²) in [6, 6.07) is 15.0. The number of rotatable bonds is 6. The molecule has 0 atom stereocenters. The predicted octanol–water partition coefficient (Wildman–Crippen LogP) is 4.48. The van der Waals surface area contributed by atoms with Crippen molar-refractivity contribution in [3.63, 3.8) is 0 Å². The van der Waals surface area contributed by atoms with Gasteiger partial charge >= 0.3 is 0 Å². The highest BCUT2D eigenvalue weighted by Crippen LogP contribution is 2.34. The molecule has 4 aromatic rings. The molecule has 1 aliphatic heterocycles. The fourth-order valence-electron chi connectivity index (χ4n) is 4.26. The fourth-order valence-corrected chi connectivity index (χ4v) is 6.41. The van der Waals surface area contributed by atoms with Crippen molar-refractivity contribution in [3.8, 4) is 11.4 Å². The number of anilines is 1. The maximum absolute atomic E-state index is 13.9. The van der Waals surface area contributed by atoms with Gasteiger partial charge in [-0.2, -0.15) is 0 Å². The molecule has 1 N–H and O–H groups in total. The molecule has 1 aliphatic rings. The zero-order chi connectivity index (χ0) is 24.5. The normalized spacial score (nSPS) is 13.6. The number of amides is 1. The highest BCUT2D eigenvalue weighted by molar-refractivity contribution is 7.99. The Morgan fingerprint density at radius 3 is 2.77 bits per heavy atom. The fraction of sp³-hybridized carbons (Fsp3) is 0.269. The zero-order valence-corrected chi connectivity index (χ0v) is 21.5. The number of carbonyl (C=O) groups is 1. The molecule has 0 bridgehead atoms. The minimum atomic E-state index is -0.150. The Balaban J connectivity index is 1.53. The third-order valence-corrected chi connectivity index (χ3v) is 8.05. The van der Waals surface area contributed by atoms with Crippen molar-refractivity contribution >= 4 is 44.9 Å². The standard InChI is InChI=1S/C26H26N4O3S2/c1-16-5-4-6-17(13-16)27-22(31)15-34-26-28-24-23(20-11-12-29(2)14-21(20)35-24)25(32)30(26)18-7-9-19(33-3)10-8-18/h4-10,13H,11-12,14-15H2,1-3H3,(H,27,31). The van der Waals surface area contributed by atoms with E-state index in [1.807, 2.05) is 55.5 Å². The van der Waals surface area contributed by atoms with E-state index in [2.05, 4.69) is 17.3 Å². The number of hydrogen-bond donors (Lipinski definition) is 1. The van der Waals surface area contributed by atoms with Crippen LogP contribution in [-0.4, -0.2) is 46.8 Å². The van der Waals surface area contributed by atoms with Gasteiger partial charge in [-0.1, -0.05) is 23.9 Å². The number of ether oxygens (including phenoxy) is 1. The summed E-state index contributed by atoms with van der Waals surface area (Å²) in [5.41, 5.74) is 3.53. The van der Waals surface area contributed by atoms with Crippen LogP contribution in [-0.2, 0) is 17.8 Å². The number of benzene rings is 2. The Bertz CT molecular complexity index is 1460. The van der Waals surface area contributed by atoms with E-state index < -0.39 is 0 Å². The first-order valence-electron chi connectivity index (χ1n) is 11.3. The molecule has 9 heteroatoms. The van der Waals surface area contributed by atoms with Gasteiger partial charge in [-0.25, -0.2) is 4.98 Å². The molecule has 7 nitrogen and oxygen atoms in total. The summed E-state index contributed by atoms with van der Waals surface area (Å²) in [6.45, 7) is 3.71. The van der Waals surface area contributed by atoms with Crippen molar-refractivity contribution in [2.24, 2.45) is 0 Å². The average Bonchev–Trinajstić information content (AvgIpc) is 3.20. The van der Waals surface area contributed by atoms with E-state index in [0.29, 0.717) is 22.0 Å². The number of nitrogens with one attached hydrogen (secondary N) is 1. The van der Waals surface area contributed by atoms with E-state index in [-0.39, 0.29) is 17.2 Å². The van der Waals surface area contributed by atoms with Crippen molar-refractivity contribution in [3.05, 3.63) is 74.9 Å². The largest absolute Gasteiger partial charge is 0.497 e. The lowest BCUT2D eigenvalue weighted by molar-refractivity contribution is -0.113. The average molecular weight is 507 g/mol. The number of aryl methyl sites for hydroxylation is 1. The van der Waals surface area contributed by atoms with Crippen LogP contribution < -0.4 is 15.6 Å². The van der Waals surface area contributed by atoms with Crippen molar-refractivity contribution in [1.29, 1.82) is 0 Å². The first-order valence-corrected chi connectivity index (χ1v) is 13.1. The van der Waals surface area contributed by atoms with Crippen LogP contribution in [0.5, 0.6) is 5.75 Å². The van der Waals surface area contributed by atoms with Gasteiger partial charge < -0.3 is 15.0 Å². The van der Waals surface area contributed by atoms with E-state index in [1.165, 1.54) is 16.6 Å². The van der Waals surface area contributed by atoms with Gasteiger partial charge in [0.15, 0.2) is 5.16 Å². The molecule has 0 aliphatic carbocycles. The highest BCUT2D eigenvalue weighted by atomic mass is 32.2. The molecule has 0 spiro atoms. The molecule has 3 heterocycles. The number of fused-ring (bicyclic) bond motifs is 3. The van der Waals surface area contributed by atoms with Gasteiger partial charge in [0.2, 0.25) is 5.91 Å². The molecule has 2 aromatic carbocycles.